The number of carboxylic acid groups (broad SMARTS) is 1. The Hall–Kier alpha value is 0.250. The van der Waals surface area contributed by atoms with Crippen LogP contribution in [0.5, 0.6) is 0 Å². The predicted octanol–water partition coefficient (Wildman–Crippen LogP) is 5.33. The van der Waals surface area contributed by atoms with Crippen molar-refractivity contribution in [1.29, 1.82) is 0 Å². The van der Waals surface area contributed by atoms with Crippen LogP contribution in [-0.2, 0) is 24.8 Å². The molecule has 0 saturated carbocycles. The second kappa shape index (κ2) is 29.0. The maximum Gasteiger partial charge on any atom is 1.00 e. The number of unbranched alkanes of at least 4 members (excludes halogenated alkanes) is 18. The van der Waals surface area contributed by atoms with E-state index in [9.17, 15) is 21.6 Å². The van der Waals surface area contributed by atoms with Gasteiger partial charge in [0.2, 0.25) is 20.0 Å². The number of carboxylic acids is 1. The molecule has 12 heteroatoms. The summed E-state index contributed by atoms with van der Waals surface area (Å²) in [6.07, 6.45) is 27.2. The van der Waals surface area contributed by atoms with Gasteiger partial charge in [0.1, 0.15) is 6.04 Å². The zero-order chi connectivity index (χ0) is 32.7. The molecule has 2 N–H and O–H groups in total. The van der Waals surface area contributed by atoms with E-state index < -0.39 is 32.1 Å². The van der Waals surface area contributed by atoms with Gasteiger partial charge in [0.15, 0.2) is 0 Å². The fraction of sp³-hybridized carbons (Fsp3) is 0.971. The number of hydrogen-bond acceptors (Lipinski definition) is 6. The molecule has 2 atom stereocenters. The van der Waals surface area contributed by atoms with E-state index in [1.165, 1.54) is 101 Å². The van der Waals surface area contributed by atoms with Gasteiger partial charge in [-0.3, -0.25) is 4.79 Å². The summed E-state index contributed by atoms with van der Waals surface area (Å²) in [7, 11) is -6.39. The molecule has 2 saturated heterocycles. The standard InChI is InChI=1S/C17H33NO4S.C17H35NO2S.Na.H2O/c1-2-3-4-5-6-7-8-9-10-11-15-23(21,22)18-14-12-13-16(18)17(19)20;1-3-4-5-6-7-8-9-10-11-12-16-21(19,20)18-15-13-14-17(18)2;;/h16H,2-15H2,1H3,(H,19,20);17H,3-16H2,1-2H3;;1H2/q;;+1;/p-1/t;17-;;/m.1../s1. The quantitative estimate of drug-likeness (QED) is 0.1000. The third-order valence-electron chi connectivity index (χ3n) is 9.21. The van der Waals surface area contributed by atoms with Crippen molar-refractivity contribution in [3.63, 3.8) is 0 Å². The molecular formula is C34H69N2NaO7S2. The summed E-state index contributed by atoms with van der Waals surface area (Å²) in [5, 5.41) is 9.09. The Morgan fingerprint density at radius 3 is 1.26 bits per heavy atom. The second-order valence-electron chi connectivity index (χ2n) is 13.2. The van der Waals surface area contributed by atoms with Crippen LogP contribution in [0, 0.1) is 0 Å². The number of hydrogen-bond donors (Lipinski definition) is 1. The summed E-state index contributed by atoms with van der Waals surface area (Å²) in [5.74, 6) is -0.574. The second-order valence-corrected chi connectivity index (χ2v) is 17.3. The number of carbonyl (C=O) groups is 1. The van der Waals surface area contributed by atoms with Crippen molar-refractivity contribution < 1.29 is 61.8 Å². The van der Waals surface area contributed by atoms with Gasteiger partial charge in [-0.1, -0.05) is 129 Å². The fourth-order valence-electron chi connectivity index (χ4n) is 6.42. The molecule has 2 heterocycles. The van der Waals surface area contributed by atoms with Crippen LogP contribution in [0.25, 0.3) is 0 Å². The smallest absolute Gasteiger partial charge is 0.870 e. The third-order valence-corrected chi connectivity index (χ3v) is 13.2. The SMILES string of the molecule is CCCCCCCCCCCCS(=O)(=O)N1CCCC1C(=O)O.CCCCCCCCCCCCS(=O)(=O)N1CCC[C@H]1C.[Na+].[OH-]. The van der Waals surface area contributed by atoms with Gasteiger partial charge in [0, 0.05) is 19.1 Å². The van der Waals surface area contributed by atoms with Crippen molar-refractivity contribution in [2.24, 2.45) is 0 Å². The Balaban J connectivity index is 0. The summed E-state index contributed by atoms with van der Waals surface area (Å²) in [5.41, 5.74) is 0. The summed E-state index contributed by atoms with van der Waals surface area (Å²) in [6, 6.07) is -0.624. The summed E-state index contributed by atoms with van der Waals surface area (Å²) in [6.45, 7) is 7.59. The zero-order valence-electron chi connectivity index (χ0n) is 30.1. The third kappa shape index (κ3) is 21.4. The molecule has 0 bridgehead atoms. The molecule has 0 radical (unpaired) electrons. The summed E-state index contributed by atoms with van der Waals surface area (Å²) < 4.78 is 51.8. The van der Waals surface area contributed by atoms with Crippen molar-refractivity contribution in [1.82, 2.24) is 8.61 Å². The molecule has 0 amide bonds. The van der Waals surface area contributed by atoms with E-state index in [4.69, 9.17) is 5.11 Å². The van der Waals surface area contributed by atoms with Crippen LogP contribution in [0.1, 0.15) is 175 Å². The maximum atomic E-state index is 12.2. The van der Waals surface area contributed by atoms with Crippen LogP contribution in [0.2, 0.25) is 0 Å². The van der Waals surface area contributed by atoms with Gasteiger partial charge < -0.3 is 10.6 Å². The molecule has 2 fully saturated rings. The zero-order valence-corrected chi connectivity index (χ0v) is 33.7. The minimum Gasteiger partial charge on any atom is -0.870 e. The molecule has 1 unspecified atom stereocenters. The first kappa shape index (κ1) is 48.4. The van der Waals surface area contributed by atoms with Crippen molar-refractivity contribution in [3.05, 3.63) is 0 Å². The van der Waals surface area contributed by atoms with E-state index in [2.05, 4.69) is 13.8 Å². The molecule has 0 aromatic rings. The van der Waals surface area contributed by atoms with Crippen LogP contribution < -0.4 is 29.6 Å². The molecule has 2 aliphatic rings. The van der Waals surface area contributed by atoms with E-state index >= 15 is 0 Å². The van der Waals surface area contributed by atoms with Crippen LogP contribution in [0.3, 0.4) is 0 Å². The minimum atomic E-state index is -3.41. The van der Waals surface area contributed by atoms with Crippen LogP contribution in [0.15, 0.2) is 0 Å². The van der Waals surface area contributed by atoms with E-state index in [1.807, 2.05) is 6.92 Å². The Morgan fingerprint density at radius 1 is 0.587 bits per heavy atom. The Labute approximate surface area is 306 Å². The van der Waals surface area contributed by atoms with Crippen LogP contribution in [0.4, 0.5) is 0 Å². The van der Waals surface area contributed by atoms with Gasteiger partial charge in [-0.15, -0.1) is 0 Å². The molecular weight excluding hydrogens is 636 g/mol. The van der Waals surface area contributed by atoms with Crippen molar-refractivity contribution in [2.75, 3.05) is 24.6 Å². The first-order chi connectivity index (χ1) is 21.1. The number of sulfonamides is 2. The van der Waals surface area contributed by atoms with Gasteiger partial charge >= 0.3 is 35.5 Å². The van der Waals surface area contributed by atoms with Crippen molar-refractivity contribution in [2.45, 2.75) is 187 Å². The Morgan fingerprint density at radius 2 is 0.913 bits per heavy atom. The van der Waals surface area contributed by atoms with Crippen molar-refractivity contribution in [3.8, 4) is 0 Å². The monoisotopic (exact) mass is 704 g/mol. The minimum absolute atomic E-state index is 0. The molecule has 9 nitrogen and oxygen atoms in total. The Bertz CT molecular complexity index is 951. The van der Waals surface area contributed by atoms with Crippen LogP contribution in [-0.4, -0.2) is 78.7 Å². The topological polar surface area (TPSA) is 142 Å². The number of aliphatic carboxylic acids is 1. The van der Waals surface area contributed by atoms with E-state index in [0.29, 0.717) is 31.6 Å². The van der Waals surface area contributed by atoms with Gasteiger partial charge in [0.25, 0.3) is 0 Å². The van der Waals surface area contributed by atoms with Crippen LogP contribution >= 0.6 is 0 Å². The largest absolute Gasteiger partial charge is 1.00 e. The molecule has 270 valence electrons. The molecule has 0 aromatic heterocycles. The fourth-order valence-corrected chi connectivity index (χ4v) is 10.1. The maximum absolute atomic E-state index is 12.2. The van der Waals surface area contributed by atoms with Gasteiger partial charge in [0.05, 0.1) is 11.5 Å². The summed E-state index contributed by atoms with van der Waals surface area (Å²) >= 11 is 0. The summed E-state index contributed by atoms with van der Waals surface area (Å²) in [4.78, 5) is 11.1. The normalized spacial score (nSPS) is 18.8. The molecule has 46 heavy (non-hydrogen) atoms. The van der Waals surface area contributed by atoms with E-state index in [-0.39, 0.29) is 46.8 Å². The van der Waals surface area contributed by atoms with Gasteiger partial charge in [-0.25, -0.2) is 16.8 Å². The number of nitrogens with zero attached hydrogens (tertiary/aromatic N) is 2. The number of rotatable bonds is 25. The average molecular weight is 705 g/mol. The van der Waals surface area contributed by atoms with E-state index in [0.717, 1.165) is 45.1 Å². The van der Waals surface area contributed by atoms with Gasteiger partial charge in [-0.2, -0.15) is 8.61 Å². The molecule has 0 aromatic carbocycles. The van der Waals surface area contributed by atoms with Gasteiger partial charge in [-0.05, 0) is 45.4 Å². The average Bonchev–Trinajstić information content (AvgIpc) is 3.66. The molecule has 2 rings (SSSR count). The molecule has 0 spiro atoms. The van der Waals surface area contributed by atoms with E-state index in [1.54, 1.807) is 4.31 Å². The molecule has 0 aliphatic carbocycles. The predicted molar refractivity (Wildman–Crippen MR) is 186 cm³/mol. The molecule has 2 aliphatic heterocycles. The Kier molecular flexibility index (Phi) is 30.5. The first-order valence-corrected chi connectivity index (χ1v) is 21.5. The first-order valence-electron chi connectivity index (χ1n) is 18.3. The van der Waals surface area contributed by atoms with Crippen molar-refractivity contribution >= 4 is 26.0 Å².